The molecule has 2 aliphatic heterocycles. The van der Waals surface area contributed by atoms with Gasteiger partial charge in [0.1, 0.15) is 5.82 Å². The molecule has 2 fully saturated rings. The van der Waals surface area contributed by atoms with Gasteiger partial charge in [0, 0.05) is 69.6 Å². The van der Waals surface area contributed by atoms with E-state index in [1.54, 1.807) is 0 Å². The summed E-state index contributed by atoms with van der Waals surface area (Å²) in [6.45, 7) is 15.2. The average Bonchev–Trinajstić information content (AvgIpc) is 2.68. The lowest BCUT2D eigenvalue weighted by Gasteiger charge is -2.39. The molecular formula is C20H34N6S. The largest absolute Gasteiger partial charge is 0.354 e. The summed E-state index contributed by atoms with van der Waals surface area (Å²) in [6.07, 6.45) is 2.00. The second-order valence-electron chi connectivity index (χ2n) is 7.88. The van der Waals surface area contributed by atoms with Gasteiger partial charge in [-0.3, -0.25) is 4.99 Å². The van der Waals surface area contributed by atoms with E-state index in [2.05, 4.69) is 57.9 Å². The van der Waals surface area contributed by atoms with E-state index in [4.69, 9.17) is 4.98 Å². The van der Waals surface area contributed by atoms with Gasteiger partial charge in [-0.05, 0) is 32.0 Å². The number of likely N-dealkylation sites (N-methyl/N-ethyl adjacent to an activating group) is 1. The van der Waals surface area contributed by atoms with Crippen molar-refractivity contribution in [3.63, 3.8) is 0 Å². The molecule has 0 aromatic carbocycles. The number of piperazine rings is 1. The number of nitrogens with one attached hydrogen (secondary N) is 1. The fraction of sp³-hybridized carbons (Fsp3) is 0.700. The SMILES string of the molecule is CCN1CCN(c2ccc(CNC(=NC)N3CCSC(C)(C)C3)cn2)CC1. The summed E-state index contributed by atoms with van der Waals surface area (Å²) in [4.78, 5) is 16.4. The van der Waals surface area contributed by atoms with Crippen molar-refractivity contribution in [2.45, 2.75) is 32.1 Å². The minimum Gasteiger partial charge on any atom is -0.354 e. The number of hydrogen-bond donors (Lipinski definition) is 1. The Labute approximate surface area is 168 Å². The van der Waals surface area contributed by atoms with Gasteiger partial charge in [0.25, 0.3) is 0 Å². The number of aliphatic imine (C=N–C) groups is 1. The molecule has 2 saturated heterocycles. The highest BCUT2D eigenvalue weighted by Gasteiger charge is 2.28. The number of thioether (sulfide) groups is 1. The van der Waals surface area contributed by atoms with Crippen molar-refractivity contribution in [2.75, 3.05) is 63.5 Å². The summed E-state index contributed by atoms with van der Waals surface area (Å²) >= 11 is 2.04. The van der Waals surface area contributed by atoms with Crippen LogP contribution in [0.1, 0.15) is 26.3 Å². The van der Waals surface area contributed by atoms with Crippen LogP contribution in [0.4, 0.5) is 5.82 Å². The zero-order valence-corrected chi connectivity index (χ0v) is 18.1. The molecule has 3 heterocycles. The van der Waals surface area contributed by atoms with Crippen molar-refractivity contribution in [1.29, 1.82) is 0 Å². The first kappa shape index (κ1) is 20.3. The van der Waals surface area contributed by atoms with E-state index in [9.17, 15) is 0 Å². The maximum atomic E-state index is 4.70. The normalized spacial score (nSPS) is 21.4. The standard InChI is InChI=1S/C20H34N6S/c1-5-24-8-10-25(11-9-24)18-7-6-17(14-22-18)15-23-19(21-4)26-12-13-27-20(2,3)16-26/h6-7,14H,5,8-13,15-16H2,1-4H3,(H,21,23). The van der Waals surface area contributed by atoms with E-state index in [0.29, 0.717) is 0 Å². The minimum atomic E-state index is 0.279. The van der Waals surface area contributed by atoms with E-state index in [-0.39, 0.29) is 4.75 Å². The van der Waals surface area contributed by atoms with E-state index in [1.165, 1.54) is 5.56 Å². The maximum Gasteiger partial charge on any atom is 0.193 e. The number of aromatic nitrogens is 1. The lowest BCUT2D eigenvalue weighted by atomic mass is 10.2. The first-order valence-corrected chi connectivity index (χ1v) is 11.0. The van der Waals surface area contributed by atoms with Crippen LogP contribution in [0.15, 0.2) is 23.3 Å². The number of hydrogen-bond acceptors (Lipinski definition) is 5. The van der Waals surface area contributed by atoms with Crippen LogP contribution in [0.5, 0.6) is 0 Å². The summed E-state index contributed by atoms with van der Waals surface area (Å²) in [5.41, 5.74) is 1.19. The highest BCUT2D eigenvalue weighted by molar-refractivity contribution is 8.00. The van der Waals surface area contributed by atoms with Crippen molar-refractivity contribution < 1.29 is 0 Å². The molecule has 0 unspecified atom stereocenters. The number of rotatable bonds is 4. The molecule has 27 heavy (non-hydrogen) atoms. The predicted molar refractivity (Wildman–Crippen MR) is 117 cm³/mol. The van der Waals surface area contributed by atoms with Crippen LogP contribution in [0.25, 0.3) is 0 Å². The van der Waals surface area contributed by atoms with E-state index in [0.717, 1.165) is 69.9 Å². The summed E-state index contributed by atoms with van der Waals surface area (Å²) in [5, 5.41) is 3.51. The molecule has 0 amide bonds. The summed E-state index contributed by atoms with van der Waals surface area (Å²) in [7, 11) is 1.87. The van der Waals surface area contributed by atoms with Gasteiger partial charge in [-0.1, -0.05) is 13.0 Å². The fourth-order valence-electron chi connectivity index (χ4n) is 3.71. The molecule has 0 saturated carbocycles. The van der Waals surface area contributed by atoms with Crippen LogP contribution in [-0.2, 0) is 6.54 Å². The summed E-state index contributed by atoms with van der Waals surface area (Å²) in [6, 6.07) is 4.34. The average molecular weight is 391 g/mol. The van der Waals surface area contributed by atoms with Crippen LogP contribution in [0.3, 0.4) is 0 Å². The Bertz CT molecular complexity index is 622. The van der Waals surface area contributed by atoms with Crippen molar-refractivity contribution in [3.8, 4) is 0 Å². The van der Waals surface area contributed by atoms with Gasteiger partial charge < -0.3 is 20.0 Å². The molecule has 6 nitrogen and oxygen atoms in total. The quantitative estimate of drug-likeness (QED) is 0.628. The third kappa shape index (κ3) is 5.51. The number of nitrogens with zero attached hydrogens (tertiary/aromatic N) is 5. The molecule has 0 spiro atoms. The smallest absolute Gasteiger partial charge is 0.193 e. The van der Waals surface area contributed by atoms with Gasteiger partial charge in [-0.25, -0.2) is 4.98 Å². The highest BCUT2D eigenvalue weighted by atomic mass is 32.2. The Morgan fingerprint density at radius 1 is 1.22 bits per heavy atom. The lowest BCUT2D eigenvalue weighted by molar-refractivity contribution is 0.270. The Morgan fingerprint density at radius 2 is 2.00 bits per heavy atom. The zero-order valence-electron chi connectivity index (χ0n) is 17.2. The molecule has 1 N–H and O–H groups in total. The molecule has 0 aliphatic carbocycles. The molecule has 0 atom stereocenters. The maximum absolute atomic E-state index is 4.70. The Kier molecular flexibility index (Phi) is 6.87. The van der Waals surface area contributed by atoms with Gasteiger partial charge in [-0.15, -0.1) is 0 Å². The molecule has 0 radical (unpaired) electrons. The van der Waals surface area contributed by atoms with E-state index in [1.807, 2.05) is 25.0 Å². The van der Waals surface area contributed by atoms with Crippen LogP contribution < -0.4 is 10.2 Å². The van der Waals surface area contributed by atoms with Gasteiger partial charge in [0.2, 0.25) is 0 Å². The monoisotopic (exact) mass is 390 g/mol. The summed E-state index contributed by atoms with van der Waals surface area (Å²) in [5.74, 6) is 3.23. The molecule has 7 heteroatoms. The van der Waals surface area contributed by atoms with Gasteiger partial charge in [0.05, 0.1) is 0 Å². The molecule has 3 rings (SSSR count). The minimum absolute atomic E-state index is 0.279. The van der Waals surface area contributed by atoms with Crippen molar-refractivity contribution >= 4 is 23.5 Å². The van der Waals surface area contributed by atoms with Gasteiger partial charge in [0.15, 0.2) is 5.96 Å². The van der Waals surface area contributed by atoms with E-state index >= 15 is 0 Å². The second kappa shape index (κ2) is 9.15. The topological polar surface area (TPSA) is 47.0 Å². The number of pyridine rings is 1. The number of anilines is 1. The van der Waals surface area contributed by atoms with Crippen LogP contribution in [0, 0.1) is 0 Å². The first-order chi connectivity index (χ1) is 13.0. The Morgan fingerprint density at radius 3 is 2.59 bits per heavy atom. The molecule has 0 bridgehead atoms. The first-order valence-electron chi connectivity index (χ1n) is 10.0. The summed E-state index contributed by atoms with van der Waals surface area (Å²) < 4.78 is 0.279. The zero-order chi connectivity index (χ0) is 19.3. The Hall–Kier alpha value is -1.47. The molecule has 1 aromatic rings. The van der Waals surface area contributed by atoms with Crippen LogP contribution >= 0.6 is 11.8 Å². The molecule has 2 aliphatic rings. The third-order valence-corrected chi connectivity index (χ3v) is 6.64. The fourth-order valence-corrected chi connectivity index (χ4v) is 4.82. The van der Waals surface area contributed by atoms with Crippen LogP contribution in [-0.4, -0.2) is 84.1 Å². The van der Waals surface area contributed by atoms with Crippen molar-refractivity contribution in [3.05, 3.63) is 23.9 Å². The van der Waals surface area contributed by atoms with E-state index < -0.39 is 0 Å². The van der Waals surface area contributed by atoms with Crippen molar-refractivity contribution in [2.24, 2.45) is 4.99 Å². The van der Waals surface area contributed by atoms with Crippen molar-refractivity contribution in [1.82, 2.24) is 20.1 Å². The molecule has 150 valence electrons. The molecular weight excluding hydrogens is 356 g/mol. The second-order valence-corrected chi connectivity index (χ2v) is 9.68. The third-order valence-electron chi connectivity index (χ3n) is 5.34. The highest BCUT2D eigenvalue weighted by Crippen LogP contribution is 2.29. The Balaban J connectivity index is 1.52. The molecule has 1 aromatic heterocycles. The van der Waals surface area contributed by atoms with Crippen LogP contribution in [0.2, 0.25) is 0 Å². The van der Waals surface area contributed by atoms with Gasteiger partial charge in [-0.2, -0.15) is 11.8 Å². The predicted octanol–water partition coefficient (Wildman–Crippen LogP) is 2.13. The lowest BCUT2D eigenvalue weighted by Crippen LogP contribution is -2.50. The van der Waals surface area contributed by atoms with Gasteiger partial charge >= 0.3 is 0 Å². The number of guanidine groups is 1.